The highest BCUT2D eigenvalue weighted by atomic mass is 79.9. The van der Waals surface area contributed by atoms with E-state index >= 15 is 0 Å². The molecule has 1 amide bonds. The quantitative estimate of drug-likeness (QED) is 0.304. The monoisotopic (exact) mass is 587 g/mol. The molecule has 2 aliphatic heterocycles. The number of ether oxygens (including phenoxy) is 1. The van der Waals surface area contributed by atoms with E-state index < -0.39 is 0 Å². The van der Waals surface area contributed by atoms with Crippen LogP contribution < -0.4 is 9.64 Å². The number of anilines is 1. The minimum atomic E-state index is 0.101. The van der Waals surface area contributed by atoms with E-state index in [0.717, 1.165) is 97.1 Å². The molecule has 0 aliphatic carbocycles. The maximum atomic E-state index is 13.4. The van der Waals surface area contributed by atoms with E-state index in [4.69, 9.17) is 9.72 Å². The van der Waals surface area contributed by atoms with Crippen molar-refractivity contribution in [1.29, 1.82) is 0 Å². The third kappa shape index (κ3) is 5.40. The molecule has 2 aliphatic rings. The number of para-hydroxylation sites is 4. The zero-order valence-corrected chi connectivity index (χ0v) is 23.9. The van der Waals surface area contributed by atoms with Crippen LogP contribution >= 0.6 is 15.9 Å². The number of amides is 1. The molecule has 6 rings (SSSR count). The summed E-state index contributed by atoms with van der Waals surface area (Å²) >= 11 is 3.55. The van der Waals surface area contributed by atoms with Gasteiger partial charge in [-0.2, -0.15) is 0 Å². The number of nitrogens with zero attached hydrogens (tertiary/aromatic N) is 5. The normalized spacial score (nSPS) is 17.1. The Labute approximate surface area is 238 Å². The number of hydrogen-bond acceptors (Lipinski definition) is 5. The van der Waals surface area contributed by atoms with Gasteiger partial charge in [0.05, 0.1) is 30.4 Å². The Morgan fingerprint density at radius 2 is 1.59 bits per heavy atom. The van der Waals surface area contributed by atoms with Crippen LogP contribution in [0, 0.1) is 5.92 Å². The smallest absolute Gasteiger partial charge is 0.225 e. The summed E-state index contributed by atoms with van der Waals surface area (Å²) in [7, 11) is 1.71. The first-order valence-electron chi connectivity index (χ1n) is 13.7. The number of piperazine rings is 1. The highest BCUT2D eigenvalue weighted by Crippen LogP contribution is 2.30. The third-order valence-electron chi connectivity index (χ3n) is 8.03. The van der Waals surface area contributed by atoms with Crippen LogP contribution in [-0.2, 0) is 11.3 Å². The van der Waals surface area contributed by atoms with Gasteiger partial charge in [0.25, 0.3) is 0 Å². The average molecular weight is 589 g/mol. The molecule has 0 saturated carbocycles. The fourth-order valence-corrected chi connectivity index (χ4v) is 6.18. The van der Waals surface area contributed by atoms with E-state index in [9.17, 15) is 4.79 Å². The van der Waals surface area contributed by atoms with Gasteiger partial charge in [-0.15, -0.1) is 0 Å². The molecular weight excluding hydrogens is 554 g/mol. The summed E-state index contributed by atoms with van der Waals surface area (Å²) in [5, 5.41) is 0. The number of carbonyl (C=O) groups is 1. The summed E-state index contributed by atoms with van der Waals surface area (Å²) in [5.41, 5.74) is 4.34. The van der Waals surface area contributed by atoms with Crippen LogP contribution in [0.5, 0.6) is 5.75 Å². The fourth-order valence-electron chi connectivity index (χ4n) is 5.92. The lowest BCUT2D eigenvalue weighted by Crippen LogP contribution is -2.51. The molecule has 2 saturated heterocycles. The average Bonchev–Trinajstić information content (AvgIpc) is 3.35. The topological polar surface area (TPSA) is 53.8 Å². The number of hydrogen-bond donors (Lipinski definition) is 0. The largest absolute Gasteiger partial charge is 0.495 e. The van der Waals surface area contributed by atoms with Gasteiger partial charge in [0.1, 0.15) is 11.6 Å². The molecule has 0 N–H and O–H groups in total. The first kappa shape index (κ1) is 25.9. The summed E-state index contributed by atoms with van der Waals surface area (Å²) in [6.07, 6.45) is 1.79. The van der Waals surface area contributed by atoms with Gasteiger partial charge in [-0.05, 0) is 74.5 Å². The predicted molar refractivity (Wildman–Crippen MR) is 159 cm³/mol. The molecule has 3 heterocycles. The second kappa shape index (κ2) is 11.4. The number of methoxy groups -OCH3 is 1. The first-order chi connectivity index (χ1) is 19.1. The van der Waals surface area contributed by atoms with Gasteiger partial charge in [-0.25, -0.2) is 4.98 Å². The fraction of sp³-hybridized carbons (Fsp3) is 0.355. The molecule has 4 aromatic rings. The zero-order valence-electron chi connectivity index (χ0n) is 22.3. The van der Waals surface area contributed by atoms with E-state index in [0.29, 0.717) is 5.91 Å². The maximum Gasteiger partial charge on any atom is 0.225 e. The van der Waals surface area contributed by atoms with E-state index in [2.05, 4.69) is 83.7 Å². The Morgan fingerprint density at radius 3 is 2.33 bits per heavy atom. The molecule has 202 valence electrons. The Bertz CT molecular complexity index is 1440. The molecule has 39 heavy (non-hydrogen) atoms. The second-order valence-corrected chi connectivity index (χ2v) is 11.3. The summed E-state index contributed by atoms with van der Waals surface area (Å²) in [5.74, 6) is 2.34. The third-order valence-corrected chi connectivity index (χ3v) is 8.56. The minimum absolute atomic E-state index is 0.101. The van der Waals surface area contributed by atoms with Crippen LogP contribution in [0.25, 0.3) is 16.7 Å². The van der Waals surface area contributed by atoms with Crippen molar-refractivity contribution in [3.05, 3.63) is 83.1 Å². The molecule has 1 aromatic heterocycles. The number of aromatic nitrogens is 2. The number of fused-ring (bicyclic) bond motifs is 1. The van der Waals surface area contributed by atoms with Gasteiger partial charge >= 0.3 is 0 Å². The number of piperidine rings is 1. The number of likely N-dealkylation sites (tertiary alicyclic amines) is 1. The Kier molecular flexibility index (Phi) is 7.57. The van der Waals surface area contributed by atoms with Crippen molar-refractivity contribution in [3.8, 4) is 11.4 Å². The number of rotatable bonds is 6. The molecule has 0 atom stereocenters. The highest BCUT2D eigenvalue weighted by molar-refractivity contribution is 9.10. The molecule has 0 radical (unpaired) electrons. The van der Waals surface area contributed by atoms with Crippen LogP contribution in [0.1, 0.15) is 18.7 Å². The Hall–Kier alpha value is -3.36. The zero-order chi connectivity index (χ0) is 26.8. The van der Waals surface area contributed by atoms with E-state index in [-0.39, 0.29) is 5.92 Å². The standard InChI is InChI=1S/C31H34BrN5O2/c1-39-29-9-5-4-8-28(29)35-18-20-36(21-19-35)31(38)23-14-16-34(17-15-23)22-30-33-26-6-2-3-7-27(26)37(30)25-12-10-24(32)11-13-25/h2-13,23H,14-22H2,1H3. The Morgan fingerprint density at radius 1 is 0.897 bits per heavy atom. The van der Waals surface area contributed by atoms with Gasteiger partial charge in [-0.1, -0.05) is 40.2 Å². The van der Waals surface area contributed by atoms with Gasteiger partial charge in [0.2, 0.25) is 5.91 Å². The number of halogens is 1. The lowest BCUT2D eigenvalue weighted by molar-refractivity contribution is -0.137. The van der Waals surface area contributed by atoms with Crippen molar-refractivity contribution in [2.24, 2.45) is 5.92 Å². The molecule has 2 fully saturated rings. The van der Waals surface area contributed by atoms with Crippen LogP contribution in [0.4, 0.5) is 5.69 Å². The lowest BCUT2D eigenvalue weighted by atomic mass is 9.95. The number of benzene rings is 3. The van der Waals surface area contributed by atoms with Gasteiger partial charge in [0, 0.05) is 42.3 Å². The van der Waals surface area contributed by atoms with Crippen LogP contribution in [-0.4, -0.2) is 71.6 Å². The summed E-state index contributed by atoms with van der Waals surface area (Å²) in [6.45, 7) is 5.75. The van der Waals surface area contributed by atoms with Crippen LogP contribution in [0.2, 0.25) is 0 Å². The van der Waals surface area contributed by atoms with Crippen molar-refractivity contribution < 1.29 is 9.53 Å². The van der Waals surface area contributed by atoms with Crippen molar-refractivity contribution in [2.75, 3.05) is 51.3 Å². The highest BCUT2D eigenvalue weighted by Gasteiger charge is 2.31. The van der Waals surface area contributed by atoms with Crippen molar-refractivity contribution >= 4 is 38.6 Å². The van der Waals surface area contributed by atoms with Crippen molar-refractivity contribution in [2.45, 2.75) is 19.4 Å². The number of imidazole rings is 1. The van der Waals surface area contributed by atoms with Gasteiger partial charge in [0.15, 0.2) is 0 Å². The molecule has 0 unspecified atom stereocenters. The summed E-state index contributed by atoms with van der Waals surface area (Å²) in [4.78, 5) is 25.2. The molecule has 7 nitrogen and oxygen atoms in total. The van der Waals surface area contributed by atoms with Gasteiger partial charge in [-0.3, -0.25) is 14.3 Å². The molecule has 8 heteroatoms. The predicted octanol–water partition coefficient (Wildman–Crippen LogP) is 5.36. The van der Waals surface area contributed by atoms with E-state index in [1.165, 1.54) is 0 Å². The molecule has 0 spiro atoms. The van der Waals surface area contributed by atoms with Crippen molar-refractivity contribution in [1.82, 2.24) is 19.4 Å². The second-order valence-electron chi connectivity index (χ2n) is 10.4. The van der Waals surface area contributed by atoms with E-state index in [1.807, 2.05) is 24.3 Å². The van der Waals surface area contributed by atoms with Gasteiger partial charge < -0.3 is 14.5 Å². The first-order valence-corrected chi connectivity index (χ1v) is 14.5. The van der Waals surface area contributed by atoms with Crippen LogP contribution in [0.3, 0.4) is 0 Å². The van der Waals surface area contributed by atoms with E-state index in [1.54, 1.807) is 7.11 Å². The summed E-state index contributed by atoms with van der Waals surface area (Å²) in [6, 6.07) is 24.8. The van der Waals surface area contributed by atoms with Crippen molar-refractivity contribution in [3.63, 3.8) is 0 Å². The van der Waals surface area contributed by atoms with Crippen LogP contribution in [0.15, 0.2) is 77.3 Å². The Balaban J connectivity index is 1.08. The molecule has 3 aromatic carbocycles. The molecular formula is C31H34BrN5O2. The lowest BCUT2D eigenvalue weighted by Gasteiger charge is -2.39. The summed E-state index contributed by atoms with van der Waals surface area (Å²) < 4.78 is 8.86. The number of carbonyl (C=O) groups excluding carboxylic acids is 1. The minimum Gasteiger partial charge on any atom is -0.495 e. The molecule has 0 bridgehead atoms. The maximum absolute atomic E-state index is 13.4. The SMILES string of the molecule is COc1ccccc1N1CCN(C(=O)C2CCN(Cc3nc4ccccc4n3-c3ccc(Br)cc3)CC2)CC1.